The number of hydrogen-bond acceptors (Lipinski definition) is 12. The van der Waals surface area contributed by atoms with Gasteiger partial charge in [-0.15, -0.1) is 0 Å². The van der Waals surface area contributed by atoms with E-state index in [2.05, 4.69) is 40.9 Å². The molecule has 0 aliphatic carbocycles. The van der Waals surface area contributed by atoms with E-state index in [-0.39, 0.29) is 11.8 Å². The number of amides is 2. The number of quaternary nitrogens is 1. The van der Waals surface area contributed by atoms with Gasteiger partial charge in [-0.1, -0.05) is 5.11 Å². The molecular formula is C38H63N14O2S2+3. The zero-order chi connectivity index (χ0) is 40.7. The van der Waals surface area contributed by atoms with Crippen LogP contribution in [0.5, 0.6) is 0 Å². The quantitative estimate of drug-likeness (QED) is 0.0279. The van der Waals surface area contributed by atoms with Crippen molar-refractivity contribution in [2.75, 3.05) is 123 Å². The van der Waals surface area contributed by atoms with Gasteiger partial charge < -0.3 is 30.7 Å². The number of azo groups is 2. The van der Waals surface area contributed by atoms with Crippen molar-refractivity contribution in [2.24, 2.45) is 34.6 Å². The number of nitrogens with two attached hydrogens (primary N) is 1. The number of imidazole rings is 1. The summed E-state index contributed by atoms with van der Waals surface area (Å²) in [5.74, 6) is 2.49. The SMILES string of the molecule is C[NH2+]/C=C\N(C)CN=Nc1ccc(N(C)CCN(C)CC(=O)NCCS[SH+]CCNC(=O)CN(C)CCN(C)c2ccc(N=Nc3n(C)cc[n+]3C)cc2)cc1. The average molecular weight is 812 g/mol. The minimum atomic E-state index is 0.0210. The normalized spacial score (nSPS) is 11.8. The lowest BCUT2D eigenvalue weighted by Crippen LogP contribution is -2.72. The first kappa shape index (κ1) is 45.9. The first-order valence-electron chi connectivity index (χ1n) is 18.7. The van der Waals surface area contributed by atoms with Crippen LogP contribution in [0.3, 0.4) is 0 Å². The van der Waals surface area contributed by atoms with Crippen LogP contribution < -0.4 is 30.3 Å². The van der Waals surface area contributed by atoms with E-state index in [1.807, 2.05) is 159 Å². The number of likely N-dealkylation sites (N-methyl/N-ethyl adjacent to an activating group) is 4. The Morgan fingerprint density at radius 3 is 1.91 bits per heavy atom. The maximum absolute atomic E-state index is 12.5. The van der Waals surface area contributed by atoms with Gasteiger partial charge in [-0.25, -0.2) is 9.13 Å². The van der Waals surface area contributed by atoms with E-state index in [0.717, 1.165) is 66.4 Å². The van der Waals surface area contributed by atoms with Gasteiger partial charge in [0.15, 0.2) is 0 Å². The van der Waals surface area contributed by atoms with Crippen LogP contribution in [-0.4, -0.2) is 144 Å². The number of hydrogen-bond donors (Lipinski definition) is 3. The summed E-state index contributed by atoms with van der Waals surface area (Å²) in [4.78, 5) is 35.3. The summed E-state index contributed by atoms with van der Waals surface area (Å²) >= 11 is 0. The molecule has 0 saturated carbocycles. The van der Waals surface area contributed by atoms with Crippen LogP contribution in [0, 0.1) is 0 Å². The van der Waals surface area contributed by atoms with Crippen molar-refractivity contribution in [3.05, 3.63) is 73.3 Å². The zero-order valence-electron chi connectivity index (χ0n) is 34.4. The molecule has 0 atom stereocenters. The molecule has 0 saturated heterocycles. The second-order valence-corrected chi connectivity index (χ2v) is 16.5. The van der Waals surface area contributed by atoms with Crippen LogP contribution in [0.2, 0.25) is 0 Å². The number of nitrogens with zero attached hydrogens (tertiary/aromatic N) is 11. The summed E-state index contributed by atoms with van der Waals surface area (Å²) in [5, 5.41) is 25.3. The van der Waals surface area contributed by atoms with Crippen LogP contribution in [-0.2, 0) is 34.5 Å². The van der Waals surface area contributed by atoms with Gasteiger partial charge in [-0.05, 0) is 62.6 Å². The Balaban J connectivity index is 1.18. The van der Waals surface area contributed by atoms with Crippen LogP contribution in [0.4, 0.5) is 28.7 Å². The van der Waals surface area contributed by atoms with Gasteiger partial charge in [0.1, 0.15) is 24.3 Å². The van der Waals surface area contributed by atoms with Gasteiger partial charge in [0, 0.05) is 81.1 Å². The Morgan fingerprint density at radius 1 is 0.821 bits per heavy atom. The molecule has 4 N–H and O–H groups in total. The van der Waals surface area contributed by atoms with Crippen LogP contribution in [0.1, 0.15) is 0 Å². The summed E-state index contributed by atoms with van der Waals surface area (Å²) in [7, 11) is 18.7. The zero-order valence-corrected chi connectivity index (χ0v) is 36.1. The van der Waals surface area contributed by atoms with E-state index >= 15 is 0 Å². The maximum Gasteiger partial charge on any atom is 0.421 e. The van der Waals surface area contributed by atoms with Crippen molar-refractivity contribution in [3.8, 4) is 0 Å². The molecule has 3 rings (SSSR count). The molecule has 306 valence electrons. The largest absolute Gasteiger partial charge is 0.421 e. The summed E-state index contributed by atoms with van der Waals surface area (Å²) in [6, 6.07) is 16.0. The highest BCUT2D eigenvalue weighted by atomic mass is 33.1. The number of rotatable bonds is 26. The fourth-order valence-electron chi connectivity index (χ4n) is 5.13. The first-order valence-corrected chi connectivity index (χ1v) is 21.4. The second kappa shape index (κ2) is 25.6. The molecule has 56 heavy (non-hydrogen) atoms. The van der Waals surface area contributed by atoms with Crippen molar-refractivity contribution < 1.29 is 19.5 Å². The molecule has 0 aliphatic rings. The van der Waals surface area contributed by atoms with Crippen molar-refractivity contribution in [1.82, 2.24) is 29.9 Å². The number of carbonyl (C=O) groups is 2. The number of nitrogens with one attached hydrogen (secondary N) is 2. The van der Waals surface area contributed by atoms with Gasteiger partial charge in [0.05, 0.1) is 81.6 Å². The predicted octanol–water partition coefficient (Wildman–Crippen LogP) is 2.03. The topological polar surface area (TPSA) is 149 Å². The van der Waals surface area contributed by atoms with Crippen LogP contribution in [0.15, 0.2) is 93.8 Å². The van der Waals surface area contributed by atoms with Crippen LogP contribution in [0.25, 0.3) is 0 Å². The molecule has 1 aromatic heterocycles. The highest BCUT2D eigenvalue weighted by Gasteiger charge is 2.13. The highest BCUT2D eigenvalue weighted by Crippen LogP contribution is 2.21. The maximum atomic E-state index is 12.5. The van der Waals surface area contributed by atoms with E-state index in [1.165, 1.54) is 10.8 Å². The Hall–Kier alpha value is -4.49. The van der Waals surface area contributed by atoms with Crippen molar-refractivity contribution >= 4 is 62.1 Å². The minimum absolute atomic E-state index is 0.0210. The lowest BCUT2D eigenvalue weighted by molar-refractivity contribution is -0.657. The molecule has 2 aromatic carbocycles. The van der Waals surface area contributed by atoms with Gasteiger partial charge in [-0.3, -0.25) is 19.4 Å². The molecule has 0 fully saturated rings. The predicted molar refractivity (Wildman–Crippen MR) is 231 cm³/mol. The van der Waals surface area contributed by atoms with E-state index in [1.54, 1.807) is 10.8 Å². The molecule has 16 nitrogen and oxygen atoms in total. The van der Waals surface area contributed by atoms with Crippen molar-refractivity contribution in [2.45, 2.75) is 0 Å². The fourth-order valence-corrected chi connectivity index (χ4v) is 7.11. The van der Waals surface area contributed by atoms with Gasteiger partial charge in [0.25, 0.3) is 0 Å². The van der Waals surface area contributed by atoms with Crippen molar-refractivity contribution in [3.63, 3.8) is 0 Å². The molecule has 0 unspecified atom stereocenters. The number of aryl methyl sites for hydroxylation is 2. The molecule has 0 bridgehead atoms. The lowest BCUT2D eigenvalue weighted by Gasteiger charge is -2.23. The molecule has 2 amide bonds. The molecule has 18 heteroatoms. The van der Waals surface area contributed by atoms with Crippen LogP contribution >= 0.6 is 10.8 Å². The van der Waals surface area contributed by atoms with E-state index < -0.39 is 0 Å². The first-order chi connectivity index (χ1) is 26.9. The monoisotopic (exact) mass is 811 g/mol. The lowest BCUT2D eigenvalue weighted by atomic mass is 10.2. The fraction of sp³-hybridized carbons (Fsp3) is 0.500. The summed E-state index contributed by atoms with van der Waals surface area (Å²) in [6.45, 7) is 5.51. The number of carbonyl (C=O) groups excluding carboxylic acids is 2. The number of thiol groups is 1. The van der Waals surface area contributed by atoms with Gasteiger partial charge >= 0.3 is 5.95 Å². The summed E-state index contributed by atoms with van der Waals surface area (Å²) < 4.78 is 3.84. The summed E-state index contributed by atoms with van der Waals surface area (Å²) in [5.41, 5.74) is 3.76. The summed E-state index contributed by atoms with van der Waals surface area (Å²) in [6.07, 6.45) is 7.80. The smallest absolute Gasteiger partial charge is 0.373 e. The van der Waals surface area contributed by atoms with E-state index in [0.29, 0.717) is 32.8 Å². The number of anilines is 2. The molecule has 0 aliphatic heterocycles. The average Bonchev–Trinajstić information content (AvgIpc) is 3.51. The molecule has 1 heterocycles. The third-order valence-corrected chi connectivity index (χ3v) is 11.2. The second-order valence-electron chi connectivity index (χ2n) is 13.6. The third-order valence-electron chi connectivity index (χ3n) is 8.58. The van der Waals surface area contributed by atoms with Gasteiger partial charge in [0.2, 0.25) is 11.8 Å². The molecular weight excluding hydrogens is 749 g/mol. The third kappa shape index (κ3) is 18.0. The van der Waals surface area contributed by atoms with E-state index in [9.17, 15) is 9.59 Å². The molecule has 0 radical (unpaired) electrons. The molecule has 3 aromatic rings. The Kier molecular flexibility index (Phi) is 21.0. The Labute approximate surface area is 340 Å². The van der Waals surface area contributed by atoms with Gasteiger partial charge in [-0.2, -0.15) is 10.2 Å². The van der Waals surface area contributed by atoms with Crippen molar-refractivity contribution in [1.29, 1.82) is 0 Å². The minimum Gasteiger partial charge on any atom is -0.373 e. The Bertz CT molecular complexity index is 1660. The standard InChI is InChI=1S/C38H60N14O2S2/c1-39-17-20-48(4)31-42-43-32-9-13-34(14-10-32)49(5)23-21-46(2)29-36(53)40-18-27-55-56-28-19-41-37(54)30-47(3)22-24-50(6)35-15-11-33(12-16-35)44-45-38-51(7)25-26-52(38)8/h9-17,20,25-26,39H,18-19,21-24,27-31H2,1-8H3,(H-,40,41,53,54)/p+3/b20-17-,43-42?. The number of aromatic nitrogens is 2. The molecule has 0 spiro atoms. The Morgan fingerprint density at radius 2 is 1.38 bits per heavy atom. The number of benzene rings is 2. The highest BCUT2D eigenvalue weighted by molar-refractivity contribution is 8.66. The van der Waals surface area contributed by atoms with E-state index in [4.69, 9.17) is 0 Å².